The molecule has 0 atom stereocenters. The van der Waals surface area contributed by atoms with E-state index in [1.54, 1.807) is 6.92 Å². The molecule has 0 aliphatic carbocycles. The minimum Gasteiger partial charge on any atom is -0.300 e. The van der Waals surface area contributed by atoms with E-state index in [9.17, 15) is 14.4 Å². The highest BCUT2D eigenvalue weighted by molar-refractivity contribution is 5.93. The zero-order chi connectivity index (χ0) is 10.9. The lowest BCUT2D eigenvalue weighted by Crippen LogP contribution is -2.40. The number of aromatic nitrogens is 2. The maximum atomic E-state index is 11.4. The van der Waals surface area contributed by atoms with Crippen LogP contribution in [0.15, 0.2) is 15.8 Å². The van der Waals surface area contributed by atoms with Crippen LogP contribution in [0.5, 0.6) is 0 Å². The van der Waals surface area contributed by atoms with Crippen molar-refractivity contribution >= 4 is 5.78 Å². The summed E-state index contributed by atoms with van der Waals surface area (Å²) < 4.78 is 2.28. The van der Waals surface area contributed by atoms with Crippen LogP contribution in [0.3, 0.4) is 0 Å². The van der Waals surface area contributed by atoms with E-state index in [4.69, 9.17) is 0 Å². The number of Topliss-reactive ketones (excluding diaryl/α,β-unsaturated/α-hetero) is 1. The molecule has 0 fully saturated rings. The molecule has 0 bridgehead atoms. The van der Waals surface area contributed by atoms with Crippen molar-refractivity contribution in [2.75, 3.05) is 0 Å². The summed E-state index contributed by atoms with van der Waals surface area (Å²) in [7, 11) is 1.36. The SMILES string of the molecule is CCn1cc(C(C)=O)c(=O)n(C)c1=O. The second kappa shape index (κ2) is 3.61. The van der Waals surface area contributed by atoms with Crippen molar-refractivity contribution in [1.29, 1.82) is 0 Å². The normalized spacial score (nSPS) is 10.2. The fraction of sp³-hybridized carbons (Fsp3) is 0.444. The van der Waals surface area contributed by atoms with Gasteiger partial charge in [-0.05, 0) is 13.8 Å². The molecule has 1 aromatic rings. The van der Waals surface area contributed by atoms with E-state index in [0.29, 0.717) is 6.54 Å². The number of carbonyl (C=O) groups is 1. The van der Waals surface area contributed by atoms with Gasteiger partial charge in [-0.3, -0.25) is 18.7 Å². The molecule has 0 spiro atoms. The summed E-state index contributed by atoms with van der Waals surface area (Å²) >= 11 is 0. The van der Waals surface area contributed by atoms with E-state index >= 15 is 0 Å². The van der Waals surface area contributed by atoms with Crippen LogP contribution >= 0.6 is 0 Å². The minimum absolute atomic E-state index is 0.0500. The van der Waals surface area contributed by atoms with Crippen LogP contribution in [0.1, 0.15) is 24.2 Å². The number of ketones is 1. The first-order valence-electron chi connectivity index (χ1n) is 4.30. The molecule has 0 aromatic carbocycles. The zero-order valence-electron chi connectivity index (χ0n) is 8.40. The third-order valence-corrected chi connectivity index (χ3v) is 2.07. The predicted octanol–water partition coefficient (Wildman–Crippen LogP) is -0.231. The van der Waals surface area contributed by atoms with Crippen molar-refractivity contribution in [3.63, 3.8) is 0 Å². The number of hydrogen-bond donors (Lipinski definition) is 0. The Labute approximate surface area is 80.6 Å². The number of carbonyl (C=O) groups excluding carboxylic acids is 1. The van der Waals surface area contributed by atoms with E-state index in [2.05, 4.69) is 0 Å². The maximum absolute atomic E-state index is 11.4. The second-order valence-electron chi connectivity index (χ2n) is 3.03. The van der Waals surface area contributed by atoms with Gasteiger partial charge in [0.25, 0.3) is 5.56 Å². The van der Waals surface area contributed by atoms with Crippen molar-refractivity contribution in [3.05, 3.63) is 32.6 Å². The highest BCUT2D eigenvalue weighted by atomic mass is 16.2. The first-order chi connectivity index (χ1) is 6.49. The largest absolute Gasteiger partial charge is 0.330 e. The molecule has 0 saturated heterocycles. The Balaban J connectivity index is 3.66. The molecule has 0 radical (unpaired) electrons. The highest BCUT2D eigenvalue weighted by Crippen LogP contribution is 1.90. The first kappa shape index (κ1) is 10.4. The van der Waals surface area contributed by atoms with Crippen molar-refractivity contribution < 1.29 is 4.79 Å². The van der Waals surface area contributed by atoms with Crippen LogP contribution < -0.4 is 11.2 Å². The third kappa shape index (κ3) is 1.53. The Bertz CT molecular complexity index is 482. The second-order valence-corrected chi connectivity index (χ2v) is 3.03. The van der Waals surface area contributed by atoms with E-state index < -0.39 is 11.2 Å². The average Bonchev–Trinajstić information content (AvgIpc) is 2.14. The molecule has 5 nitrogen and oxygen atoms in total. The van der Waals surface area contributed by atoms with Crippen LogP contribution in [0.4, 0.5) is 0 Å². The summed E-state index contributed by atoms with van der Waals surface area (Å²) in [4.78, 5) is 33.9. The monoisotopic (exact) mass is 196 g/mol. The van der Waals surface area contributed by atoms with Crippen molar-refractivity contribution in [2.45, 2.75) is 20.4 Å². The van der Waals surface area contributed by atoms with Gasteiger partial charge in [0.2, 0.25) is 0 Å². The Hall–Kier alpha value is -1.65. The number of rotatable bonds is 2. The number of nitrogens with zero attached hydrogens (tertiary/aromatic N) is 2. The van der Waals surface area contributed by atoms with Crippen LogP contribution in [-0.2, 0) is 13.6 Å². The minimum atomic E-state index is -0.535. The standard InChI is InChI=1S/C9H12N2O3/c1-4-11-5-7(6(2)12)8(13)10(3)9(11)14/h5H,4H2,1-3H3. The van der Waals surface area contributed by atoms with Crippen LogP contribution in [-0.4, -0.2) is 14.9 Å². The van der Waals surface area contributed by atoms with Gasteiger partial charge in [0, 0.05) is 19.8 Å². The molecule has 0 saturated carbocycles. The lowest BCUT2D eigenvalue weighted by atomic mass is 10.2. The molecule has 1 aromatic heterocycles. The maximum Gasteiger partial charge on any atom is 0.330 e. The Kier molecular flexibility index (Phi) is 2.69. The molecule has 0 amide bonds. The summed E-state index contributed by atoms with van der Waals surface area (Å²) in [6.45, 7) is 3.52. The summed E-state index contributed by atoms with van der Waals surface area (Å²) in [6, 6.07) is 0. The summed E-state index contributed by atoms with van der Waals surface area (Å²) in [5.74, 6) is -0.326. The number of aryl methyl sites for hydroxylation is 1. The fourth-order valence-electron chi connectivity index (χ4n) is 1.19. The average molecular weight is 196 g/mol. The van der Waals surface area contributed by atoms with Crippen LogP contribution in [0.25, 0.3) is 0 Å². The van der Waals surface area contributed by atoms with Crippen LogP contribution in [0, 0.1) is 0 Å². The molecule has 1 heterocycles. The van der Waals surface area contributed by atoms with Gasteiger partial charge in [0.1, 0.15) is 0 Å². The lowest BCUT2D eigenvalue weighted by molar-refractivity contribution is 0.101. The molecule has 76 valence electrons. The van der Waals surface area contributed by atoms with Crippen molar-refractivity contribution in [1.82, 2.24) is 9.13 Å². The molecule has 14 heavy (non-hydrogen) atoms. The molecule has 5 heteroatoms. The van der Waals surface area contributed by atoms with Gasteiger partial charge in [0.15, 0.2) is 5.78 Å². The Morgan fingerprint density at radius 2 is 2.00 bits per heavy atom. The number of hydrogen-bond acceptors (Lipinski definition) is 3. The molecule has 0 N–H and O–H groups in total. The summed E-state index contributed by atoms with van der Waals surface area (Å²) in [6.07, 6.45) is 1.31. The molecule has 0 aliphatic heterocycles. The topological polar surface area (TPSA) is 61.1 Å². The molecular weight excluding hydrogens is 184 g/mol. The van der Waals surface area contributed by atoms with E-state index in [0.717, 1.165) is 4.57 Å². The Morgan fingerprint density at radius 1 is 1.43 bits per heavy atom. The molecule has 1 rings (SSSR count). The van der Waals surface area contributed by atoms with Crippen molar-refractivity contribution in [2.24, 2.45) is 7.05 Å². The summed E-state index contributed by atoms with van der Waals surface area (Å²) in [5, 5.41) is 0. The van der Waals surface area contributed by atoms with E-state index in [1.807, 2.05) is 0 Å². The van der Waals surface area contributed by atoms with Gasteiger partial charge in [-0.15, -0.1) is 0 Å². The highest BCUT2D eigenvalue weighted by Gasteiger charge is 2.10. The lowest BCUT2D eigenvalue weighted by Gasteiger charge is -2.06. The van der Waals surface area contributed by atoms with E-state index in [-0.39, 0.29) is 11.3 Å². The first-order valence-corrected chi connectivity index (χ1v) is 4.30. The molecule has 0 aliphatic rings. The smallest absolute Gasteiger partial charge is 0.300 e. The van der Waals surface area contributed by atoms with Crippen LogP contribution in [0.2, 0.25) is 0 Å². The van der Waals surface area contributed by atoms with Gasteiger partial charge >= 0.3 is 5.69 Å². The van der Waals surface area contributed by atoms with Gasteiger partial charge in [-0.1, -0.05) is 0 Å². The van der Waals surface area contributed by atoms with Gasteiger partial charge in [0.05, 0.1) is 5.56 Å². The van der Waals surface area contributed by atoms with Gasteiger partial charge in [-0.2, -0.15) is 0 Å². The molecule has 0 unspecified atom stereocenters. The van der Waals surface area contributed by atoms with E-state index in [1.165, 1.54) is 24.7 Å². The third-order valence-electron chi connectivity index (χ3n) is 2.07. The Morgan fingerprint density at radius 3 is 2.43 bits per heavy atom. The van der Waals surface area contributed by atoms with Crippen molar-refractivity contribution in [3.8, 4) is 0 Å². The zero-order valence-corrected chi connectivity index (χ0v) is 8.40. The van der Waals surface area contributed by atoms with Gasteiger partial charge in [-0.25, -0.2) is 4.79 Å². The molecular formula is C9H12N2O3. The predicted molar refractivity (Wildman–Crippen MR) is 51.6 cm³/mol. The van der Waals surface area contributed by atoms with Gasteiger partial charge < -0.3 is 0 Å². The fourth-order valence-corrected chi connectivity index (χ4v) is 1.19. The summed E-state index contributed by atoms with van der Waals surface area (Å²) in [5.41, 5.74) is -0.886. The quantitative estimate of drug-likeness (QED) is 0.614.